The zero-order valence-electron chi connectivity index (χ0n) is 15.3. The number of rotatable bonds is 6. The number of hydrogen-bond acceptors (Lipinski definition) is 6. The van der Waals surface area contributed by atoms with Gasteiger partial charge in [-0.2, -0.15) is 0 Å². The molecule has 2 aromatic rings. The summed E-state index contributed by atoms with van der Waals surface area (Å²) in [5.41, 5.74) is 0.190. The van der Waals surface area contributed by atoms with Gasteiger partial charge in [0, 0.05) is 12.7 Å². The maximum absolute atomic E-state index is 12.0. The third-order valence-corrected chi connectivity index (χ3v) is 4.12. The quantitative estimate of drug-likeness (QED) is 0.751. The van der Waals surface area contributed by atoms with Crippen molar-refractivity contribution in [2.24, 2.45) is 7.05 Å². The van der Waals surface area contributed by atoms with Crippen molar-refractivity contribution >= 4 is 29.4 Å². The van der Waals surface area contributed by atoms with E-state index in [4.69, 9.17) is 4.74 Å². The minimum atomic E-state index is -0.558. The first-order valence-electron chi connectivity index (χ1n) is 8.07. The first-order chi connectivity index (χ1) is 12.2. The number of carbonyl (C=O) groups is 2. The fourth-order valence-corrected chi connectivity index (χ4v) is 2.67. The number of amides is 2. The van der Waals surface area contributed by atoms with Crippen LogP contribution < -0.4 is 10.6 Å². The smallest absolute Gasteiger partial charge is 0.408 e. The summed E-state index contributed by atoms with van der Waals surface area (Å²) in [6.07, 6.45) is -0.517. The average molecular weight is 377 g/mol. The van der Waals surface area contributed by atoms with E-state index in [2.05, 4.69) is 20.8 Å². The van der Waals surface area contributed by atoms with Gasteiger partial charge >= 0.3 is 6.09 Å². The maximum Gasteiger partial charge on any atom is 0.408 e. The molecule has 2 N–H and O–H groups in total. The predicted molar refractivity (Wildman–Crippen MR) is 99.9 cm³/mol. The zero-order chi connectivity index (χ0) is 19.2. The van der Waals surface area contributed by atoms with Crippen LogP contribution in [0.2, 0.25) is 0 Å². The van der Waals surface area contributed by atoms with Crippen molar-refractivity contribution in [2.75, 3.05) is 11.1 Å². The molecule has 0 unspecified atom stereocenters. The number of ether oxygens (including phenoxy) is 1. The Balaban J connectivity index is 1.82. The van der Waals surface area contributed by atoms with Crippen LogP contribution in [0.5, 0.6) is 0 Å². The van der Waals surface area contributed by atoms with E-state index in [0.717, 1.165) is 5.69 Å². The van der Waals surface area contributed by atoms with E-state index in [-0.39, 0.29) is 18.2 Å². The van der Waals surface area contributed by atoms with E-state index in [1.807, 2.05) is 30.3 Å². The molecular weight excluding hydrogens is 354 g/mol. The molecule has 1 aromatic heterocycles. The Bertz CT molecular complexity index is 756. The second kappa shape index (κ2) is 8.70. The maximum atomic E-state index is 12.0. The van der Waals surface area contributed by atoms with Crippen molar-refractivity contribution < 1.29 is 14.3 Å². The van der Waals surface area contributed by atoms with Gasteiger partial charge < -0.3 is 19.9 Å². The van der Waals surface area contributed by atoms with Crippen LogP contribution >= 0.6 is 11.8 Å². The Morgan fingerprint density at radius 2 is 1.88 bits per heavy atom. The minimum Gasteiger partial charge on any atom is -0.444 e. The molecule has 0 saturated carbocycles. The fraction of sp³-hybridized carbons (Fsp3) is 0.412. The van der Waals surface area contributed by atoms with E-state index in [1.165, 1.54) is 11.8 Å². The lowest BCUT2D eigenvalue weighted by atomic mass is 10.2. The molecule has 0 radical (unpaired) electrons. The lowest BCUT2D eigenvalue weighted by molar-refractivity contribution is -0.113. The van der Waals surface area contributed by atoms with Crippen molar-refractivity contribution in [1.82, 2.24) is 20.1 Å². The SMILES string of the molecule is Cn1c(CNC(=O)OC(C)(C)C)nnc1SCC(=O)Nc1ccccc1. The van der Waals surface area contributed by atoms with Gasteiger partial charge in [-0.15, -0.1) is 10.2 Å². The molecule has 140 valence electrons. The number of thioether (sulfide) groups is 1. The predicted octanol–water partition coefficient (Wildman–Crippen LogP) is 2.57. The number of para-hydroxylation sites is 1. The van der Waals surface area contributed by atoms with Gasteiger partial charge in [0.05, 0.1) is 12.3 Å². The standard InChI is InChI=1S/C17H23N5O3S/c1-17(2,3)25-16(24)18-10-13-20-21-15(22(13)4)26-11-14(23)19-12-8-6-5-7-9-12/h5-9H,10-11H2,1-4H3,(H,18,24)(H,19,23). The van der Waals surface area contributed by atoms with Crippen LogP contribution in [-0.2, 0) is 23.1 Å². The number of aromatic nitrogens is 3. The Hall–Kier alpha value is -2.55. The van der Waals surface area contributed by atoms with E-state index in [1.54, 1.807) is 32.4 Å². The first kappa shape index (κ1) is 19.8. The highest BCUT2D eigenvalue weighted by Crippen LogP contribution is 2.16. The van der Waals surface area contributed by atoms with Crippen LogP contribution in [0.1, 0.15) is 26.6 Å². The highest BCUT2D eigenvalue weighted by molar-refractivity contribution is 7.99. The number of nitrogens with zero attached hydrogens (tertiary/aromatic N) is 3. The van der Waals surface area contributed by atoms with E-state index >= 15 is 0 Å². The Kier molecular flexibility index (Phi) is 6.62. The molecule has 8 nitrogen and oxygen atoms in total. The summed E-state index contributed by atoms with van der Waals surface area (Å²) in [5, 5.41) is 14.1. The van der Waals surface area contributed by atoms with Gasteiger partial charge in [0.2, 0.25) is 5.91 Å². The van der Waals surface area contributed by atoms with Crippen molar-refractivity contribution in [3.63, 3.8) is 0 Å². The summed E-state index contributed by atoms with van der Waals surface area (Å²) in [5.74, 6) is 0.653. The molecular formula is C17H23N5O3S. The van der Waals surface area contributed by atoms with Crippen LogP contribution in [-0.4, -0.2) is 38.1 Å². The molecule has 9 heteroatoms. The summed E-state index contributed by atoms with van der Waals surface area (Å²) in [6.45, 7) is 5.58. The Morgan fingerprint density at radius 3 is 2.54 bits per heavy atom. The summed E-state index contributed by atoms with van der Waals surface area (Å²) < 4.78 is 6.91. The molecule has 0 aliphatic rings. The van der Waals surface area contributed by atoms with E-state index in [9.17, 15) is 9.59 Å². The number of benzene rings is 1. The monoisotopic (exact) mass is 377 g/mol. The second-order valence-corrected chi connectivity index (χ2v) is 7.46. The first-order valence-corrected chi connectivity index (χ1v) is 9.06. The van der Waals surface area contributed by atoms with Crippen molar-refractivity contribution in [1.29, 1.82) is 0 Å². The van der Waals surface area contributed by atoms with Crippen LogP contribution in [0.3, 0.4) is 0 Å². The van der Waals surface area contributed by atoms with Crippen LogP contribution in [0.4, 0.5) is 10.5 Å². The molecule has 0 atom stereocenters. The normalized spacial score (nSPS) is 11.1. The number of nitrogens with one attached hydrogen (secondary N) is 2. The van der Waals surface area contributed by atoms with Crippen LogP contribution in [0, 0.1) is 0 Å². The summed E-state index contributed by atoms with van der Waals surface area (Å²) in [6, 6.07) is 9.25. The van der Waals surface area contributed by atoms with Crippen molar-refractivity contribution in [3.8, 4) is 0 Å². The Labute approximate surface area is 156 Å². The van der Waals surface area contributed by atoms with Gasteiger partial charge in [0.15, 0.2) is 11.0 Å². The van der Waals surface area contributed by atoms with Gasteiger partial charge in [-0.3, -0.25) is 4.79 Å². The largest absolute Gasteiger partial charge is 0.444 e. The number of anilines is 1. The molecule has 0 spiro atoms. The highest BCUT2D eigenvalue weighted by atomic mass is 32.2. The van der Waals surface area contributed by atoms with Crippen LogP contribution in [0.25, 0.3) is 0 Å². The molecule has 0 saturated heterocycles. The van der Waals surface area contributed by atoms with Crippen LogP contribution in [0.15, 0.2) is 35.5 Å². The highest BCUT2D eigenvalue weighted by Gasteiger charge is 2.17. The second-order valence-electron chi connectivity index (χ2n) is 6.52. The molecule has 0 bridgehead atoms. The molecule has 1 heterocycles. The number of carbonyl (C=O) groups excluding carboxylic acids is 2. The third kappa shape index (κ3) is 6.40. The molecule has 0 aliphatic carbocycles. The summed E-state index contributed by atoms with van der Waals surface area (Å²) in [4.78, 5) is 23.7. The average Bonchev–Trinajstić information content (AvgIpc) is 2.90. The molecule has 26 heavy (non-hydrogen) atoms. The van der Waals surface area contributed by atoms with Crippen molar-refractivity contribution in [2.45, 2.75) is 38.1 Å². The van der Waals surface area contributed by atoms with Gasteiger partial charge in [-0.05, 0) is 32.9 Å². The molecule has 2 rings (SSSR count). The summed E-state index contributed by atoms with van der Waals surface area (Å²) >= 11 is 1.27. The van der Waals surface area contributed by atoms with Gasteiger partial charge in [0.25, 0.3) is 0 Å². The topological polar surface area (TPSA) is 98.1 Å². The third-order valence-electron chi connectivity index (χ3n) is 3.10. The number of alkyl carbamates (subject to hydrolysis) is 1. The molecule has 0 aliphatic heterocycles. The minimum absolute atomic E-state index is 0.127. The van der Waals surface area contributed by atoms with Gasteiger partial charge in [0.1, 0.15) is 5.60 Å². The van der Waals surface area contributed by atoms with Gasteiger partial charge in [-0.25, -0.2) is 4.79 Å². The molecule has 0 fully saturated rings. The fourth-order valence-electron chi connectivity index (χ4n) is 1.94. The van der Waals surface area contributed by atoms with E-state index < -0.39 is 11.7 Å². The Morgan fingerprint density at radius 1 is 1.19 bits per heavy atom. The molecule has 2 amide bonds. The zero-order valence-corrected chi connectivity index (χ0v) is 16.1. The lowest BCUT2D eigenvalue weighted by Gasteiger charge is -2.19. The van der Waals surface area contributed by atoms with Crippen molar-refractivity contribution in [3.05, 3.63) is 36.2 Å². The number of hydrogen-bond donors (Lipinski definition) is 2. The molecule has 1 aromatic carbocycles. The van der Waals surface area contributed by atoms with E-state index in [0.29, 0.717) is 11.0 Å². The lowest BCUT2D eigenvalue weighted by Crippen LogP contribution is -2.32. The summed E-state index contributed by atoms with van der Waals surface area (Å²) in [7, 11) is 1.78. The van der Waals surface area contributed by atoms with Gasteiger partial charge in [-0.1, -0.05) is 30.0 Å².